The highest BCUT2D eigenvalue weighted by Crippen LogP contribution is 2.28. The predicted octanol–water partition coefficient (Wildman–Crippen LogP) is 3.91. The van der Waals surface area contributed by atoms with Gasteiger partial charge in [-0.05, 0) is 42.5 Å². The van der Waals surface area contributed by atoms with Crippen LogP contribution in [0.15, 0.2) is 53.4 Å². The number of benzene rings is 2. The molecule has 1 aliphatic heterocycles. The van der Waals surface area contributed by atoms with E-state index in [1.54, 1.807) is 23.9 Å². The molecule has 1 amide bonds. The topological polar surface area (TPSA) is 60.9 Å². The lowest BCUT2D eigenvalue weighted by Gasteiger charge is -2.39. The first-order chi connectivity index (χ1) is 14.0. The molecular weight excluding hydrogens is 391 g/mol. The molecule has 0 spiro atoms. The van der Waals surface area contributed by atoms with Crippen LogP contribution in [0, 0.1) is 5.82 Å². The van der Waals surface area contributed by atoms with Gasteiger partial charge in [0, 0.05) is 43.5 Å². The maximum atomic E-state index is 13.3. The minimum absolute atomic E-state index is 0.0264. The number of aliphatic carboxylic acids is 1. The fourth-order valence-electron chi connectivity index (χ4n) is 3.73. The van der Waals surface area contributed by atoms with E-state index in [1.165, 1.54) is 12.1 Å². The van der Waals surface area contributed by atoms with Gasteiger partial charge in [0.25, 0.3) is 5.91 Å². The number of hydrogen-bond acceptors (Lipinski definition) is 4. The number of carboxylic acids is 1. The molecule has 2 aromatic rings. The van der Waals surface area contributed by atoms with E-state index >= 15 is 0 Å². The molecule has 154 valence electrons. The molecule has 7 heteroatoms. The maximum absolute atomic E-state index is 13.3. The van der Waals surface area contributed by atoms with Crippen LogP contribution in [0.5, 0.6) is 0 Å². The summed E-state index contributed by atoms with van der Waals surface area (Å²) < 4.78 is 13.3. The highest BCUT2D eigenvalue weighted by atomic mass is 32.2. The highest BCUT2D eigenvalue weighted by Gasteiger charge is 2.28. The molecule has 0 bridgehead atoms. The Kier molecular flexibility index (Phi) is 7.28. The van der Waals surface area contributed by atoms with Crippen molar-refractivity contribution in [1.82, 2.24) is 9.80 Å². The Bertz CT molecular complexity index is 851. The van der Waals surface area contributed by atoms with Crippen molar-refractivity contribution < 1.29 is 19.1 Å². The lowest BCUT2D eigenvalue weighted by Crippen LogP contribution is -2.49. The van der Waals surface area contributed by atoms with Gasteiger partial charge in [-0.1, -0.05) is 24.3 Å². The van der Waals surface area contributed by atoms with Gasteiger partial charge in [-0.25, -0.2) is 4.39 Å². The Hall–Kier alpha value is -2.38. The molecule has 5 nitrogen and oxygen atoms in total. The molecule has 29 heavy (non-hydrogen) atoms. The Morgan fingerprint density at radius 1 is 1.07 bits per heavy atom. The van der Waals surface area contributed by atoms with Crippen molar-refractivity contribution >= 4 is 23.6 Å². The highest BCUT2D eigenvalue weighted by molar-refractivity contribution is 7.98. The van der Waals surface area contributed by atoms with Crippen molar-refractivity contribution in [2.45, 2.75) is 23.8 Å². The van der Waals surface area contributed by atoms with Crippen molar-refractivity contribution in [3.8, 4) is 0 Å². The fourth-order valence-corrected chi connectivity index (χ4v) is 4.32. The van der Waals surface area contributed by atoms with Crippen molar-refractivity contribution in [3.63, 3.8) is 0 Å². The SMILES string of the molecule is CSc1ccccc1C(=O)N1CCN([C@@H](CCC(=O)O)c2ccc(F)cc2)CC1. The van der Waals surface area contributed by atoms with E-state index in [2.05, 4.69) is 4.90 Å². The fraction of sp³-hybridized carbons (Fsp3) is 0.364. The van der Waals surface area contributed by atoms with Gasteiger partial charge in [-0.3, -0.25) is 14.5 Å². The van der Waals surface area contributed by atoms with E-state index in [0.717, 1.165) is 16.0 Å². The predicted molar refractivity (Wildman–Crippen MR) is 112 cm³/mol. The minimum atomic E-state index is -0.848. The zero-order valence-corrected chi connectivity index (χ0v) is 17.2. The van der Waals surface area contributed by atoms with E-state index in [0.29, 0.717) is 32.6 Å². The van der Waals surface area contributed by atoms with E-state index in [4.69, 9.17) is 5.11 Å². The van der Waals surface area contributed by atoms with Crippen molar-refractivity contribution in [2.75, 3.05) is 32.4 Å². The van der Waals surface area contributed by atoms with Crippen molar-refractivity contribution in [2.24, 2.45) is 0 Å². The quantitative estimate of drug-likeness (QED) is 0.694. The smallest absolute Gasteiger partial charge is 0.303 e. The van der Waals surface area contributed by atoms with Crippen LogP contribution in [-0.2, 0) is 4.79 Å². The molecule has 1 fully saturated rings. The van der Waals surface area contributed by atoms with Gasteiger partial charge < -0.3 is 10.0 Å². The number of carboxylic acid groups (broad SMARTS) is 1. The molecule has 2 aromatic carbocycles. The van der Waals surface area contributed by atoms with Gasteiger partial charge in [-0.2, -0.15) is 0 Å². The largest absolute Gasteiger partial charge is 0.481 e. The number of hydrogen-bond donors (Lipinski definition) is 1. The van der Waals surface area contributed by atoms with Gasteiger partial charge in [-0.15, -0.1) is 11.8 Å². The number of rotatable bonds is 7. The van der Waals surface area contributed by atoms with Gasteiger partial charge in [0.05, 0.1) is 5.56 Å². The molecule has 1 aliphatic rings. The van der Waals surface area contributed by atoms with Gasteiger partial charge in [0.1, 0.15) is 5.82 Å². The first kappa shape index (κ1) is 21.3. The van der Waals surface area contributed by atoms with E-state index in [9.17, 15) is 14.0 Å². The summed E-state index contributed by atoms with van der Waals surface area (Å²) in [6.45, 7) is 2.45. The second-order valence-corrected chi connectivity index (χ2v) is 7.88. The molecule has 1 heterocycles. The molecule has 0 aliphatic carbocycles. The summed E-state index contributed by atoms with van der Waals surface area (Å²) in [6.07, 6.45) is 2.45. The van der Waals surface area contributed by atoms with Crippen LogP contribution < -0.4 is 0 Å². The van der Waals surface area contributed by atoms with Gasteiger partial charge >= 0.3 is 5.97 Å². The molecule has 1 saturated heterocycles. The lowest BCUT2D eigenvalue weighted by atomic mass is 9.99. The third-order valence-corrected chi connectivity index (χ3v) is 6.06. The first-order valence-corrected chi connectivity index (χ1v) is 10.9. The summed E-state index contributed by atoms with van der Waals surface area (Å²) in [5.74, 6) is -1.13. The number of nitrogens with zero attached hydrogens (tertiary/aromatic N) is 2. The Labute approximate surface area is 174 Å². The normalized spacial score (nSPS) is 15.9. The Morgan fingerprint density at radius 3 is 2.34 bits per heavy atom. The number of halogens is 1. The molecule has 0 aromatic heterocycles. The summed E-state index contributed by atoms with van der Waals surface area (Å²) in [6, 6.07) is 13.7. The molecule has 1 N–H and O–H groups in total. The van der Waals surface area contributed by atoms with Gasteiger partial charge in [0.2, 0.25) is 0 Å². The second kappa shape index (κ2) is 9.89. The van der Waals surface area contributed by atoms with Crippen LogP contribution in [-0.4, -0.2) is 59.2 Å². The summed E-state index contributed by atoms with van der Waals surface area (Å²) in [4.78, 5) is 29.1. The number of thioether (sulfide) groups is 1. The second-order valence-electron chi connectivity index (χ2n) is 7.03. The summed E-state index contributed by atoms with van der Waals surface area (Å²) in [5, 5.41) is 9.11. The van der Waals surface area contributed by atoms with Crippen LogP contribution in [0.3, 0.4) is 0 Å². The monoisotopic (exact) mass is 416 g/mol. The summed E-state index contributed by atoms with van der Waals surface area (Å²) >= 11 is 1.56. The summed E-state index contributed by atoms with van der Waals surface area (Å²) in [7, 11) is 0. The zero-order chi connectivity index (χ0) is 20.8. The summed E-state index contributed by atoms with van der Waals surface area (Å²) in [5.41, 5.74) is 1.62. The van der Waals surface area contributed by atoms with E-state index in [-0.39, 0.29) is 24.2 Å². The average molecular weight is 417 g/mol. The molecule has 0 unspecified atom stereocenters. The number of piperazine rings is 1. The zero-order valence-electron chi connectivity index (χ0n) is 16.4. The first-order valence-electron chi connectivity index (χ1n) is 9.63. The Balaban J connectivity index is 1.69. The molecule has 0 saturated carbocycles. The third kappa shape index (κ3) is 5.36. The molecular formula is C22H25FN2O3S. The lowest BCUT2D eigenvalue weighted by molar-refractivity contribution is -0.137. The van der Waals surface area contributed by atoms with Crippen LogP contribution in [0.2, 0.25) is 0 Å². The van der Waals surface area contributed by atoms with E-state index < -0.39 is 5.97 Å². The van der Waals surface area contributed by atoms with E-state index in [1.807, 2.05) is 35.4 Å². The average Bonchev–Trinajstić information content (AvgIpc) is 2.75. The number of carbonyl (C=O) groups is 2. The van der Waals surface area contributed by atoms with Gasteiger partial charge in [0.15, 0.2) is 0 Å². The standard InChI is InChI=1S/C22H25FN2O3S/c1-29-20-5-3-2-4-18(20)22(28)25-14-12-24(13-15-25)19(10-11-21(26)27)16-6-8-17(23)9-7-16/h2-9,19H,10-15H2,1H3,(H,26,27)/t19-/m0/s1. The van der Waals surface area contributed by atoms with Crippen LogP contribution in [0.25, 0.3) is 0 Å². The molecule has 3 rings (SSSR count). The third-order valence-electron chi connectivity index (χ3n) is 5.27. The number of carbonyl (C=O) groups excluding carboxylic acids is 1. The van der Waals surface area contributed by atoms with Crippen LogP contribution >= 0.6 is 11.8 Å². The van der Waals surface area contributed by atoms with Crippen LogP contribution in [0.1, 0.15) is 34.8 Å². The van der Waals surface area contributed by atoms with Crippen molar-refractivity contribution in [1.29, 1.82) is 0 Å². The van der Waals surface area contributed by atoms with Crippen LogP contribution in [0.4, 0.5) is 4.39 Å². The minimum Gasteiger partial charge on any atom is -0.481 e. The molecule has 1 atom stereocenters. The number of amides is 1. The van der Waals surface area contributed by atoms with Crippen molar-refractivity contribution in [3.05, 3.63) is 65.5 Å². The maximum Gasteiger partial charge on any atom is 0.303 e. The Morgan fingerprint density at radius 2 is 1.72 bits per heavy atom. The molecule has 0 radical (unpaired) electrons.